The zero-order valence-electron chi connectivity index (χ0n) is 15.1. The van der Waals surface area contributed by atoms with E-state index in [9.17, 15) is 0 Å². The van der Waals surface area contributed by atoms with Gasteiger partial charge in [0.2, 0.25) is 0 Å². The Hall–Kier alpha value is -0.780. The Kier molecular flexibility index (Phi) is 7.18. The second-order valence-corrected chi connectivity index (χ2v) is 7.11. The van der Waals surface area contributed by atoms with Gasteiger partial charge in [-0.15, -0.1) is 24.8 Å². The standard InChI is InChI=1S/C19H27N3O.2ClH/c1-14-3-4-18-17(11-14)15(2)19(23-18)13-21-7-9-22(10-8-21)16-5-6-20-12-16;;/h3-4,11,16,20H,5-10,12-13H2,1-2H3;2*1H. The zero-order chi connectivity index (χ0) is 15.8. The number of rotatable bonds is 3. The van der Waals surface area contributed by atoms with E-state index in [0.29, 0.717) is 0 Å². The van der Waals surface area contributed by atoms with Crippen molar-refractivity contribution in [1.82, 2.24) is 15.1 Å². The number of nitrogens with one attached hydrogen (secondary N) is 1. The van der Waals surface area contributed by atoms with Gasteiger partial charge in [-0.2, -0.15) is 0 Å². The summed E-state index contributed by atoms with van der Waals surface area (Å²) in [4.78, 5) is 5.20. The maximum Gasteiger partial charge on any atom is 0.134 e. The van der Waals surface area contributed by atoms with Crippen molar-refractivity contribution in [1.29, 1.82) is 0 Å². The molecule has 2 saturated heterocycles. The summed E-state index contributed by atoms with van der Waals surface area (Å²) in [6, 6.07) is 7.23. The van der Waals surface area contributed by atoms with Crippen molar-refractivity contribution in [2.24, 2.45) is 0 Å². The molecule has 0 spiro atoms. The lowest BCUT2D eigenvalue weighted by molar-refractivity contribution is 0.0938. The van der Waals surface area contributed by atoms with E-state index in [1.54, 1.807) is 0 Å². The fourth-order valence-corrected chi connectivity index (χ4v) is 3.98. The highest BCUT2D eigenvalue weighted by atomic mass is 35.5. The van der Waals surface area contributed by atoms with Crippen LogP contribution >= 0.6 is 24.8 Å². The Labute approximate surface area is 162 Å². The zero-order valence-corrected chi connectivity index (χ0v) is 16.7. The molecule has 1 atom stereocenters. The Morgan fingerprint density at radius 3 is 2.56 bits per heavy atom. The van der Waals surface area contributed by atoms with Crippen molar-refractivity contribution in [3.8, 4) is 0 Å². The second kappa shape index (κ2) is 8.74. The number of furan rings is 1. The lowest BCUT2D eigenvalue weighted by Crippen LogP contribution is -2.50. The van der Waals surface area contributed by atoms with Crippen molar-refractivity contribution in [2.75, 3.05) is 39.3 Å². The molecule has 6 heteroatoms. The van der Waals surface area contributed by atoms with Gasteiger partial charge in [0.1, 0.15) is 11.3 Å². The smallest absolute Gasteiger partial charge is 0.134 e. The molecule has 0 bridgehead atoms. The molecule has 2 aliphatic rings. The predicted octanol–water partition coefficient (Wildman–Crippen LogP) is 3.37. The van der Waals surface area contributed by atoms with Crippen molar-refractivity contribution < 1.29 is 4.42 Å². The molecule has 3 heterocycles. The molecule has 1 unspecified atom stereocenters. The van der Waals surface area contributed by atoms with Gasteiger partial charge in [-0.3, -0.25) is 9.80 Å². The van der Waals surface area contributed by atoms with Crippen LogP contribution in [0.2, 0.25) is 0 Å². The van der Waals surface area contributed by atoms with E-state index in [4.69, 9.17) is 4.42 Å². The molecule has 2 aliphatic heterocycles. The summed E-state index contributed by atoms with van der Waals surface area (Å²) in [7, 11) is 0. The Balaban J connectivity index is 0.00000113. The number of benzene rings is 1. The Morgan fingerprint density at radius 1 is 1.12 bits per heavy atom. The highest BCUT2D eigenvalue weighted by Crippen LogP contribution is 2.27. The first-order valence-electron chi connectivity index (χ1n) is 8.86. The van der Waals surface area contributed by atoms with Gasteiger partial charge >= 0.3 is 0 Å². The minimum Gasteiger partial charge on any atom is -0.459 e. The highest BCUT2D eigenvalue weighted by Gasteiger charge is 2.26. The first-order chi connectivity index (χ1) is 11.2. The quantitative estimate of drug-likeness (QED) is 0.877. The van der Waals surface area contributed by atoms with Crippen LogP contribution in [0, 0.1) is 13.8 Å². The molecule has 0 radical (unpaired) electrons. The molecule has 0 amide bonds. The molecule has 0 aliphatic carbocycles. The lowest BCUT2D eigenvalue weighted by atomic mass is 10.1. The third-order valence-electron chi connectivity index (χ3n) is 5.52. The number of hydrogen-bond acceptors (Lipinski definition) is 4. The monoisotopic (exact) mass is 385 g/mol. The molecule has 1 N–H and O–H groups in total. The minimum absolute atomic E-state index is 0. The van der Waals surface area contributed by atoms with Crippen molar-refractivity contribution in [3.05, 3.63) is 35.1 Å². The molecule has 4 rings (SSSR count). The first-order valence-corrected chi connectivity index (χ1v) is 8.86. The summed E-state index contributed by atoms with van der Waals surface area (Å²) in [5.41, 5.74) is 3.64. The van der Waals surface area contributed by atoms with E-state index >= 15 is 0 Å². The number of hydrogen-bond donors (Lipinski definition) is 1. The summed E-state index contributed by atoms with van der Waals surface area (Å²) < 4.78 is 6.12. The molecular formula is C19H29Cl2N3O. The molecule has 25 heavy (non-hydrogen) atoms. The summed E-state index contributed by atoms with van der Waals surface area (Å²) in [5, 5.41) is 4.75. The van der Waals surface area contributed by atoms with Crippen LogP contribution in [0.3, 0.4) is 0 Å². The third kappa shape index (κ3) is 4.32. The molecule has 4 nitrogen and oxygen atoms in total. The SMILES string of the molecule is Cc1ccc2oc(CN3CCN(C4CCNC4)CC3)c(C)c2c1.Cl.Cl. The van der Waals surface area contributed by atoms with E-state index in [-0.39, 0.29) is 24.8 Å². The van der Waals surface area contributed by atoms with Gasteiger partial charge in [0.15, 0.2) is 0 Å². The predicted molar refractivity (Wildman–Crippen MR) is 108 cm³/mol. The lowest BCUT2D eigenvalue weighted by Gasteiger charge is -2.37. The van der Waals surface area contributed by atoms with E-state index in [1.807, 2.05) is 0 Å². The average Bonchev–Trinajstić information content (AvgIpc) is 3.19. The molecular weight excluding hydrogens is 357 g/mol. The topological polar surface area (TPSA) is 31.7 Å². The van der Waals surface area contributed by atoms with Gasteiger partial charge in [-0.1, -0.05) is 11.6 Å². The number of fused-ring (bicyclic) bond motifs is 1. The molecule has 2 fully saturated rings. The maximum absolute atomic E-state index is 6.12. The van der Waals surface area contributed by atoms with Crippen LogP contribution in [0.1, 0.15) is 23.3 Å². The van der Waals surface area contributed by atoms with Gasteiger partial charge in [0.25, 0.3) is 0 Å². The van der Waals surface area contributed by atoms with Crippen molar-refractivity contribution >= 4 is 35.8 Å². The number of aryl methyl sites for hydroxylation is 2. The van der Waals surface area contributed by atoms with Gasteiger partial charge < -0.3 is 9.73 Å². The Morgan fingerprint density at radius 2 is 1.88 bits per heavy atom. The van der Waals surface area contributed by atoms with Crippen molar-refractivity contribution in [3.63, 3.8) is 0 Å². The minimum atomic E-state index is 0. The van der Waals surface area contributed by atoms with Gasteiger partial charge in [0.05, 0.1) is 6.54 Å². The molecule has 1 aromatic carbocycles. The fourth-order valence-electron chi connectivity index (χ4n) is 3.98. The number of halogens is 2. The van der Waals surface area contributed by atoms with Crippen LogP contribution in [0.25, 0.3) is 11.0 Å². The molecule has 1 aromatic heterocycles. The Bertz CT molecular complexity index is 689. The second-order valence-electron chi connectivity index (χ2n) is 7.11. The van der Waals surface area contributed by atoms with Crippen LogP contribution in [0.4, 0.5) is 0 Å². The van der Waals surface area contributed by atoms with Gasteiger partial charge in [-0.25, -0.2) is 0 Å². The molecule has 2 aromatic rings. The van der Waals surface area contributed by atoms with E-state index in [1.165, 1.54) is 49.1 Å². The van der Waals surface area contributed by atoms with Gasteiger partial charge in [-0.05, 0) is 44.5 Å². The van der Waals surface area contributed by atoms with Crippen LogP contribution in [-0.4, -0.2) is 55.1 Å². The first kappa shape index (κ1) is 20.5. The molecule has 140 valence electrons. The maximum atomic E-state index is 6.12. The summed E-state index contributed by atoms with van der Waals surface area (Å²) >= 11 is 0. The highest BCUT2D eigenvalue weighted by molar-refractivity contribution is 5.85. The van der Waals surface area contributed by atoms with Crippen LogP contribution in [0.15, 0.2) is 22.6 Å². The number of piperazine rings is 1. The number of nitrogens with zero attached hydrogens (tertiary/aromatic N) is 2. The fraction of sp³-hybridized carbons (Fsp3) is 0.579. The summed E-state index contributed by atoms with van der Waals surface area (Å²) in [6.07, 6.45) is 1.31. The van der Waals surface area contributed by atoms with Crippen LogP contribution < -0.4 is 5.32 Å². The average molecular weight is 386 g/mol. The van der Waals surface area contributed by atoms with E-state index < -0.39 is 0 Å². The van der Waals surface area contributed by atoms with E-state index in [2.05, 4.69) is 47.2 Å². The van der Waals surface area contributed by atoms with Crippen LogP contribution in [0.5, 0.6) is 0 Å². The van der Waals surface area contributed by atoms with Gasteiger partial charge in [0, 0.05) is 44.2 Å². The molecule has 0 saturated carbocycles. The van der Waals surface area contributed by atoms with Crippen molar-refractivity contribution in [2.45, 2.75) is 32.9 Å². The third-order valence-corrected chi connectivity index (χ3v) is 5.52. The van der Waals surface area contributed by atoms with E-state index in [0.717, 1.165) is 37.0 Å². The normalized spacial score (nSPS) is 21.9. The summed E-state index contributed by atoms with van der Waals surface area (Å²) in [6.45, 7) is 12.3. The van der Waals surface area contributed by atoms with Crippen LogP contribution in [-0.2, 0) is 6.54 Å². The summed E-state index contributed by atoms with van der Waals surface area (Å²) in [5.74, 6) is 1.14. The largest absolute Gasteiger partial charge is 0.459 e.